The van der Waals surface area contributed by atoms with Crippen LogP contribution in [-0.4, -0.2) is 102 Å². The van der Waals surface area contributed by atoms with Crippen molar-refractivity contribution in [2.24, 2.45) is 7.05 Å². The van der Waals surface area contributed by atoms with Gasteiger partial charge in [0.1, 0.15) is 11.5 Å². The monoisotopic (exact) mass is 572 g/mol. The van der Waals surface area contributed by atoms with Gasteiger partial charge in [-0.25, -0.2) is 4.98 Å². The third-order valence-electron chi connectivity index (χ3n) is 7.41. The number of anilines is 2. The average molecular weight is 573 g/mol. The van der Waals surface area contributed by atoms with Gasteiger partial charge in [-0.15, -0.1) is 0 Å². The van der Waals surface area contributed by atoms with Gasteiger partial charge in [0.15, 0.2) is 0 Å². The maximum absolute atomic E-state index is 12.2. The molecule has 5 rings (SSSR count). The molecule has 0 radical (unpaired) electrons. The molecule has 4 aromatic rings. The second-order valence-corrected chi connectivity index (χ2v) is 10.9. The van der Waals surface area contributed by atoms with Gasteiger partial charge in [0, 0.05) is 93.7 Å². The average Bonchev–Trinajstić information content (AvgIpc) is 3.43. The summed E-state index contributed by atoms with van der Waals surface area (Å²) in [6, 6.07) is 12.3. The Labute approximate surface area is 247 Å². The highest BCUT2D eigenvalue weighted by Crippen LogP contribution is 2.34. The molecule has 0 atom stereocenters. The minimum Gasteiger partial charge on any atom is -0.497 e. The number of hydrogen-bond acceptors (Lipinski definition) is 9. The van der Waals surface area contributed by atoms with Crippen LogP contribution >= 0.6 is 0 Å². The Balaban J connectivity index is 1.38. The van der Waals surface area contributed by atoms with Crippen molar-refractivity contribution in [3.8, 4) is 22.8 Å². The van der Waals surface area contributed by atoms with Gasteiger partial charge in [-0.05, 0) is 32.0 Å². The largest absolute Gasteiger partial charge is 0.497 e. The molecule has 1 saturated heterocycles. The van der Waals surface area contributed by atoms with Crippen molar-refractivity contribution in [2.75, 3.05) is 64.9 Å². The number of ether oxygens (including phenoxy) is 2. The molecule has 0 saturated carbocycles. The predicted molar refractivity (Wildman–Crippen MR) is 164 cm³/mol. The number of nitrogens with zero attached hydrogens (tertiary/aromatic N) is 7. The SMILES string of the molecule is COc1cc(OC)cc(N(CCN2CCN(CC(=O)NC(C)C)CC2)c2ccc3ncc(-c4cnn(C)c4)nc3c2)c1. The molecule has 0 spiro atoms. The first kappa shape index (κ1) is 29.3. The highest BCUT2D eigenvalue weighted by Gasteiger charge is 2.21. The molecule has 2 aromatic carbocycles. The van der Waals surface area contributed by atoms with Gasteiger partial charge in [0.25, 0.3) is 0 Å². The lowest BCUT2D eigenvalue weighted by Gasteiger charge is -2.36. The zero-order valence-corrected chi connectivity index (χ0v) is 25.1. The van der Waals surface area contributed by atoms with Crippen molar-refractivity contribution >= 4 is 28.3 Å². The smallest absolute Gasteiger partial charge is 0.234 e. The molecule has 1 aliphatic heterocycles. The number of nitrogens with one attached hydrogen (secondary N) is 1. The van der Waals surface area contributed by atoms with Crippen LogP contribution in [0.25, 0.3) is 22.3 Å². The topological polar surface area (TPSA) is 101 Å². The molecular formula is C31H40N8O3. The number of carbonyl (C=O) groups excluding carboxylic acids is 1. The van der Waals surface area contributed by atoms with E-state index in [2.05, 4.69) is 42.2 Å². The number of methoxy groups -OCH3 is 2. The molecule has 1 amide bonds. The number of carbonyl (C=O) groups is 1. The molecule has 3 heterocycles. The Morgan fingerprint density at radius 3 is 2.31 bits per heavy atom. The number of fused-ring (bicyclic) bond motifs is 1. The minimum atomic E-state index is 0.0858. The van der Waals surface area contributed by atoms with E-state index in [1.54, 1.807) is 31.3 Å². The van der Waals surface area contributed by atoms with Crippen molar-refractivity contribution in [3.05, 3.63) is 55.0 Å². The van der Waals surface area contributed by atoms with E-state index in [-0.39, 0.29) is 11.9 Å². The summed E-state index contributed by atoms with van der Waals surface area (Å²) in [5.74, 6) is 1.53. The molecular weight excluding hydrogens is 532 g/mol. The molecule has 0 aliphatic carbocycles. The minimum absolute atomic E-state index is 0.0858. The molecule has 11 heteroatoms. The number of amides is 1. The lowest BCUT2D eigenvalue weighted by atomic mass is 10.2. The standard InChI is InChI=1S/C31H40N8O3/c1-22(2)34-31(40)21-38-10-8-37(9-11-38)12-13-39(25-14-26(41-4)17-27(15-25)42-5)24-6-7-28-29(16-24)35-30(19-32-28)23-18-33-36(3)20-23/h6-7,14-20,22H,8-13,21H2,1-5H3,(H,34,40). The maximum atomic E-state index is 12.2. The summed E-state index contributed by atoms with van der Waals surface area (Å²) in [7, 11) is 5.21. The number of rotatable bonds is 11. The summed E-state index contributed by atoms with van der Waals surface area (Å²) >= 11 is 0. The Kier molecular flexibility index (Phi) is 9.19. The second kappa shape index (κ2) is 13.2. The van der Waals surface area contributed by atoms with E-state index in [0.29, 0.717) is 6.54 Å². The molecule has 0 bridgehead atoms. The van der Waals surface area contributed by atoms with E-state index in [1.807, 2.05) is 51.4 Å². The highest BCUT2D eigenvalue weighted by molar-refractivity contribution is 5.83. The van der Waals surface area contributed by atoms with E-state index in [9.17, 15) is 4.79 Å². The highest BCUT2D eigenvalue weighted by atomic mass is 16.5. The van der Waals surface area contributed by atoms with Crippen LogP contribution in [0.3, 0.4) is 0 Å². The molecule has 11 nitrogen and oxygen atoms in total. The Morgan fingerprint density at radius 2 is 1.67 bits per heavy atom. The molecule has 0 unspecified atom stereocenters. The van der Waals surface area contributed by atoms with Gasteiger partial charge in [0.2, 0.25) is 5.91 Å². The Bertz CT molecular complexity index is 1490. The van der Waals surface area contributed by atoms with E-state index < -0.39 is 0 Å². The summed E-state index contributed by atoms with van der Waals surface area (Å²) in [5, 5.41) is 7.27. The number of benzene rings is 2. The van der Waals surface area contributed by atoms with Gasteiger partial charge in [-0.1, -0.05) is 0 Å². The van der Waals surface area contributed by atoms with Gasteiger partial charge < -0.3 is 19.7 Å². The third kappa shape index (κ3) is 7.15. The van der Waals surface area contributed by atoms with Crippen LogP contribution < -0.4 is 19.7 Å². The molecule has 222 valence electrons. The van der Waals surface area contributed by atoms with Crippen LogP contribution in [0.15, 0.2) is 55.0 Å². The van der Waals surface area contributed by atoms with Crippen LogP contribution in [0.2, 0.25) is 0 Å². The van der Waals surface area contributed by atoms with Crippen molar-refractivity contribution in [3.63, 3.8) is 0 Å². The quantitative estimate of drug-likeness (QED) is 0.290. The number of aromatic nitrogens is 4. The van der Waals surface area contributed by atoms with Gasteiger partial charge in [-0.2, -0.15) is 5.10 Å². The Hall–Kier alpha value is -4.22. The zero-order chi connectivity index (χ0) is 29.6. The molecule has 1 fully saturated rings. The van der Waals surface area contributed by atoms with E-state index in [0.717, 1.165) is 84.4 Å². The molecule has 1 N–H and O–H groups in total. The van der Waals surface area contributed by atoms with Crippen LogP contribution in [0, 0.1) is 0 Å². The molecule has 2 aromatic heterocycles. The summed E-state index contributed by atoms with van der Waals surface area (Å²) in [6.45, 7) is 9.55. The van der Waals surface area contributed by atoms with Crippen molar-refractivity contribution < 1.29 is 14.3 Å². The summed E-state index contributed by atoms with van der Waals surface area (Å²) < 4.78 is 13.0. The molecule has 42 heavy (non-hydrogen) atoms. The van der Waals surface area contributed by atoms with Crippen LogP contribution in [0.4, 0.5) is 11.4 Å². The van der Waals surface area contributed by atoms with Gasteiger partial charge in [-0.3, -0.25) is 24.3 Å². The normalized spacial score (nSPS) is 14.3. The van der Waals surface area contributed by atoms with Crippen molar-refractivity contribution in [1.82, 2.24) is 34.9 Å². The fourth-order valence-corrected chi connectivity index (χ4v) is 5.20. The van der Waals surface area contributed by atoms with E-state index >= 15 is 0 Å². The Morgan fingerprint density at radius 1 is 0.952 bits per heavy atom. The summed E-state index contributed by atoms with van der Waals surface area (Å²) in [6.07, 6.45) is 5.52. The number of hydrogen-bond donors (Lipinski definition) is 1. The first-order valence-electron chi connectivity index (χ1n) is 14.3. The lowest BCUT2D eigenvalue weighted by molar-refractivity contribution is -0.123. The third-order valence-corrected chi connectivity index (χ3v) is 7.41. The second-order valence-electron chi connectivity index (χ2n) is 10.9. The van der Waals surface area contributed by atoms with E-state index in [4.69, 9.17) is 14.5 Å². The first-order chi connectivity index (χ1) is 20.3. The predicted octanol–water partition coefficient (Wildman–Crippen LogP) is 3.33. The first-order valence-corrected chi connectivity index (χ1v) is 14.3. The fraction of sp³-hybridized carbons (Fsp3) is 0.419. The van der Waals surface area contributed by atoms with Crippen molar-refractivity contribution in [1.29, 1.82) is 0 Å². The van der Waals surface area contributed by atoms with Crippen LogP contribution in [-0.2, 0) is 11.8 Å². The van der Waals surface area contributed by atoms with E-state index in [1.165, 1.54) is 0 Å². The summed E-state index contributed by atoms with van der Waals surface area (Å²) in [4.78, 5) is 28.7. The van der Waals surface area contributed by atoms with Crippen molar-refractivity contribution in [2.45, 2.75) is 19.9 Å². The van der Waals surface area contributed by atoms with Crippen LogP contribution in [0.1, 0.15) is 13.8 Å². The molecule has 1 aliphatic rings. The maximum Gasteiger partial charge on any atom is 0.234 e. The van der Waals surface area contributed by atoms with Gasteiger partial charge >= 0.3 is 0 Å². The van der Waals surface area contributed by atoms with Gasteiger partial charge in [0.05, 0.1) is 49.9 Å². The number of aryl methyl sites for hydroxylation is 1. The van der Waals surface area contributed by atoms with Crippen LogP contribution in [0.5, 0.6) is 11.5 Å². The lowest BCUT2D eigenvalue weighted by Crippen LogP contribution is -2.51. The summed E-state index contributed by atoms with van der Waals surface area (Å²) in [5.41, 5.74) is 5.30. The zero-order valence-electron chi connectivity index (χ0n) is 25.1. The fourth-order valence-electron chi connectivity index (χ4n) is 5.20. The number of piperazine rings is 1.